The molecule has 0 amide bonds. The molecular weight excluding hydrogens is 274 g/mol. The van der Waals surface area contributed by atoms with E-state index in [4.69, 9.17) is 5.73 Å². The maximum Gasteiger partial charge on any atom is 0.184 e. The Bertz CT molecular complexity index is 733. The first-order valence-corrected chi connectivity index (χ1v) is 8.11. The van der Waals surface area contributed by atoms with Crippen LogP contribution in [0.2, 0.25) is 0 Å². The minimum atomic E-state index is -3.39. The molecule has 2 aromatic rings. The topological polar surface area (TPSA) is 78.0 Å². The van der Waals surface area contributed by atoms with Gasteiger partial charge in [-0.05, 0) is 50.6 Å². The van der Waals surface area contributed by atoms with E-state index in [2.05, 4.69) is 5.10 Å². The third-order valence-electron chi connectivity index (χ3n) is 3.22. The summed E-state index contributed by atoms with van der Waals surface area (Å²) in [5, 5.41) is 4.27. The fourth-order valence-corrected chi connectivity index (χ4v) is 3.53. The number of hydrogen-bond donors (Lipinski definition) is 1. The number of benzene rings is 1. The van der Waals surface area contributed by atoms with Crippen LogP contribution in [-0.4, -0.2) is 18.2 Å². The highest BCUT2D eigenvalue weighted by Gasteiger charge is 2.19. The molecular formula is C14H19N3O2S. The molecule has 1 aromatic heterocycles. The molecule has 108 valence electrons. The lowest BCUT2D eigenvalue weighted by Gasteiger charge is -2.08. The summed E-state index contributed by atoms with van der Waals surface area (Å²) in [7, 11) is -3.39. The van der Waals surface area contributed by atoms with Crippen LogP contribution in [0.25, 0.3) is 0 Å². The summed E-state index contributed by atoms with van der Waals surface area (Å²) in [6.07, 6.45) is 0. The molecule has 0 spiro atoms. The average Bonchev–Trinajstić information content (AvgIpc) is 2.72. The van der Waals surface area contributed by atoms with Crippen LogP contribution in [0.5, 0.6) is 0 Å². The Morgan fingerprint density at radius 1 is 1.25 bits per heavy atom. The highest BCUT2D eigenvalue weighted by molar-refractivity contribution is 7.90. The van der Waals surface area contributed by atoms with Gasteiger partial charge >= 0.3 is 0 Å². The van der Waals surface area contributed by atoms with E-state index in [9.17, 15) is 8.42 Å². The normalized spacial score (nSPS) is 11.8. The third-order valence-corrected chi connectivity index (χ3v) is 4.87. The lowest BCUT2D eigenvalue weighted by Crippen LogP contribution is -2.10. The second-order valence-electron chi connectivity index (χ2n) is 4.87. The maximum atomic E-state index is 12.5. The Hall–Kier alpha value is -1.82. The van der Waals surface area contributed by atoms with Crippen LogP contribution in [0.3, 0.4) is 0 Å². The molecule has 1 aromatic carbocycles. The van der Waals surface area contributed by atoms with Gasteiger partial charge in [-0.25, -0.2) is 8.42 Å². The Labute approximate surface area is 119 Å². The lowest BCUT2D eigenvalue weighted by atomic mass is 10.2. The van der Waals surface area contributed by atoms with Crippen LogP contribution < -0.4 is 5.73 Å². The first kappa shape index (κ1) is 14.6. The fourth-order valence-electron chi connectivity index (χ4n) is 2.11. The highest BCUT2D eigenvalue weighted by atomic mass is 32.2. The molecule has 0 saturated carbocycles. The molecule has 0 aliphatic heterocycles. The Kier molecular flexibility index (Phi) is 3.85. The minimum Gasteiger partial charge on any atom is -0.399 e. The van der Waals surface area contributed by atoms with E-state index >= 15 is 0 Å². The molecule has 0 aliphatic carbocycles. The summed E-state index contributed by atoms with van der Waals surface area (Å²) in [5.74, 6) is -0.0506. The smallest absolute Gasteiger partial charge is 0.184 e. The van der Waals surface area contributed by atoms with Crippen LogP contribution in [0.15, 0.2) is 29.2 Å². The van der Waals surface area contributed by atoms with Gasteiger partial charge in [-0.2, -0.15) is 5.10 Å². The molecule has 2 N–H and O–H groups in total. The summed E-state index contributed by atoms with van der Waals surface area (Å²) < 4.78 is 26.6. The summed E-state index contributed by atoms with van der Waals surface area (Å²) in [5.41, 5.74) is 8.62. The van der Waals surface area contributed by atoms with Gasteiger partial charge in [-0.1, -0.05) is 0 Å². The van der Waals surface area contributed by atoms with Gasteiger partial charge in [0.1, 0.15) is 0 Å². The second kappa shape index (κ2) is 5.28. The van der Waals surface area contributed by atoms with Gasteiger partial charge in [0, 0.05) is 12.2 Å². The van der Waals surface area contributed by atoms with Crippen molar-refractivity contribution in [2.75, 3.05) is 5.73 Å². The number of rotatable bonds is 4. The number of aromatic nitrogens is 2. The minimum absolute atomic E-state index is 0.0506. The lowest BCUT2D eigenvalue weighted by molar-refractivity contribution is 0.585. The standard InChI is InChI=1S/C14H19N3O2S/c1-4-17-12(8-11(3)16-17)9-20(18,19)13-5-6-14(15)10(2)7-13/h5-8H,4,9,15H2,1-3H3. The van der Waals surface area contributed by atoms with Gasteiger partial charge in [0.05, 0.1) is 22.0 Å². The van der Waals surface area contributed by atoms with Crippen LogP contribution in [0.1, 0.15) is 23.9 Å². The summed E-state index contributed by atoms with van der Waals surface area (Å²) >= 11 is 0. The van der Waals surface area contributed by atoms with Gasteiger partial charge < -0.3 is 5.73 Å². The SMILES string of the molecule is CCn1nc(C)cc1CS(=O)(=O)c1ccc(N)c(C)c1. The molecule has 6 heteroatoms. The van der Waals surface area contributed by atoms with Crippen molar-refractivity contribution in [3.8, 4) is 0 Å². The largest absolute Gasteiger partial charge is 0.399 e. The number of hydrogen-bond acceptors (Lipinski definition) is 4. The first-order chi connectivity index (χ1) is 9.33. The molecule has 0 saturated heterocycles. The highest BCUT2D eigenvalue weighted by Crippen LogP contribution is 2.21. The molecule has 0 atom stereocenters. The van der Waals surface area contributed by atoms with Crippen molar-refractivity contribution in [3.63, 3.8) is 0 Å². The van der Waals surface area contributed by atoms with Crippen LogP contribution in [0.4, 0.5) is 5.69 Å². The quantitative estimate of drug-likeness (QED) is 0.875. The Balaban J connectivity index is 2.37. The summed E-state index contributed by atoms with van der Waals surface area (Å²) in [4.78, 5) is 0.297. The predicted octanol–water partition coefficient (Wildman–Crippen LogP) is 2.08. The Morgan fingerprint density at radius 2 is 1.95 bits per heavy atom. The molecule has 0 unspecified atom stereocenters. The summed E-state index contributed by atoms with van der Waals surface area (Å²) in [6, 6.07) is 6.61. The molecule has 0 fully saturated rings. The van der Waals surface area contributed by atoms with E-state index in [1.807, 2.05) is 19.9 Å². The van der Waals surface area contributed by atoms with Crippen molar-refractivity contribution in [3.05, 3.63) is 41.2 Å². The molecule has 20 heavy (non-hydrogen) atoms. The number of nitrogen functional groups attached to an aromatic ring is 1. The average molecular weight is 293 g/mol. The Morgan fingerprint density at radius 3 is 2.55 bits per heavy atom. The molecule has 0 bridgehead atoms. The van der Waals surface area contributed by atoms with Gasteiger partial charge in [-0.15, -0.1) is 0 Å². The van der Waals surface area contributed by atoms with Gasteiger partial charge in [-0.3, -0.25) is 4.68 Å². The number of nitrogens with two attached hydrogens (primary N) is 1. The third kappa shape index (κ3) is 2.85. The maximum absolute atomic E-state index is 12.5. The molecule has 1 heterocycles. The van der Waals surface area contributed by atoms with Gasteiger partial charge in [0.2, 0.25) is 0 Å². The fraction of sp³-hybridized carbons (Fsp3) is 0.357. The van der Waals surface area contributed by atoms with Gasteiger partial charge in [0.15, 0.2) is 9.84 Å². The van der Waals surface area contributed by atoms with Gasteiger partial charge in [0.25, 0.3) is 0 Å². The zero-order valence-corrected chi connectivity index (χ0v) is 12.7. The second-order valence-corrected chi connectivity index (χ2v) is 6.86. The van der Waals surface area contributed by atoms with Crippen molar-refractivity contribution in [1.29, 1.82) is 0 Å². The zero-order valence-electron chi connectivity index (χ0n) is 11.9. The molecule has 0 radical (unpaired) electrons. The monoisotopic (exact) mass is 293 g/mol. The number of aryl methyl sites for hydroxylation is 3. The van der Waals surface area contributed by atoms with Crippen LogP contribution >= 0.6 is 0 Å². The molecule has 0 aliphatic rings. The number of sulfone groups is 1. The van der Waals surface area contributed by atoms with E-state index in [0.29, 0.717) is 22.8 Å². The van der Waals surface area contributed by atoms with Crippen molar-refractivity contribution < 1.29 is 8.42 Å². The number of nitrogens with zero attached hydrogens (tertiary/aromatic N) is 2. The van der Waals surface area contributed by atoms with Crippen molar-refractivity contribution in [2.24, 2.45) is 0 Å². The first-order valence-electron chi connectivity index (χ1n) is 6.45. The molecule has 2 rings (SSSR count). The predicted molar refractivity (Wildman–Crippen MR) is 79.1 cm³/mol. The number of anilines is 1. The van der Waals surface area contributed by atoms with Crippen LogP contribution in [-0.2, 0) is 22.1 Å². The van der Waals surface area contributed by atoms with Crippen molar-refractivity contribution in [1.82, 2.24) is 9.78 Å². The van der Waals surface area contributed by atoms with Crippen LogP contribution in [0, 0.1) is 13.8 Å². The van der Waals surface area contributed by atoms with E-state index in [-0.39, 0.29) is 5.75 Å². The van der Waals surface area contributed by atoms with E-state index in [1.165, 1.54) is 0 Å². The van der Waals surface area contributed by atoms with Crippen molar-refractivity contribution >= 4 is 15.5 Å². The molecule has 5 nitrogen and oxygen atoms in total. The van der Waals surface area contributed by atoms with Crippen molar-refractivity contribution in [2.45, 2.75) is 38.0 Å². The van der Waals surface area contributed by atoms with E-state index in [0.717, 1.165) is 11.3 Å². The summed E-state index contributed by atoms with van der Waals surface area (Å²) in [6.45, 7) is 6.25. The zero-order chi connectivity index (χ0) is 14.9. The van der Waals surface area contributed by atoms with E-state index in [1.54, 1.807) is 29.8 Å². The van der Waals surface area contributed by atoms with E-state index < -0.39 is 9.84 Å².